The molecule has 1 aromatic carbocycles. The molecule has 0 aromatic heterocycles. The second kappa shape index (κ2) is 5.34. The van der Waals surface area contributed by atoms with Crippen molar-refractivity contribution in [1.82, 2.24) is 4.89 Å². The first-order valence-electron chi connectivity index (χ1n) is 5.92. The van der Waals surface area contributed by atoms with Gasteiger partial charge in [0.1, 0.15) is 5.82 Å². The first-order chi connectivity index (χ1) is 8.49. The molecule has 0 aliphatic heterocycles. The van der Waals surface area contributed by atoms with E-state index in [2.05, 4.69) is 4.89 Å². The molecule has 1 saturated carbocycles. The molecule has 18 heavy (non-hydrogen) atoms. The van der Waals surface area contributed by atoms with Crippen molar-refractivity contribution in [3.8, 4) is 0 Å². The van der Waals surface area contributed by atoms with Crippen molar-refractivity contribution < 1.29 is 17.6 Å². The molecule has 1 fully saturated rings. The molecule has 0 saturated heterocycles. The van der Waals surface area contributed by atoms with E-state index in [9.17, 15) is 12.8 Å². The molecule has 1 N–H and O–H groups in total. The van der Waals surface area contributed by atoms with Gasteiger partial charge in [-0.25, -0.2) is 12.8 Å². The van der Waals surface area contributed by atoms with Gasteiger partial charge in [-0.3, -0.25) is 4.84 Å². The molecular weight excluding hydrogens is 257 g/mol. The van der Waals surface area contributed by atoms with Gasteiger partial charge in [0.2, 0.25) is 0 Å². The fourth-order valence-corrected chi connectivity index (χ4v) is 2.91. The standard InChI is InChI=1S/C12H16FNO3S/c1-9-8-11(6-7-12(9)13)18(15,16)14-17-10-4-2-3-5-10/h6-8,10,14H,2-5H2,1H3. The minimum atomic E-state index is -3.73. The number of halogens is 1. The first kappa shape index (κ1) is 13.5. The van der Waals surface area contributed by atoms with Crippen LogP contribution in [0.25, 0.3) is 0 Å². The lowest BCUT2D eigenvalue weighted by molar-refractivity contribution is 0.0223. The summed E-state index contributed by atoms with van der Waals surface area (Å²) in [6.07, 6.45) is 3.79. The Morgan fingerprint density at radius 2 is 2.00 bits per heavy atom. The molecular formula is C12H16FNO3S. The normalized spacial score (nSPS) is 17.2. The van der Waals surface area contributed by atoms with Gasteiger partial charge in [0, 0.05) is 0 Å². The maximum Gasteiger partial charge on any atom is 0.262 e. The Hall–Kier alpha value is -0.980. The number of sulfonamides is 1. The predicted molar refractivity (Wildman–Crippen MR) is 64.8 cm³/mol. The Balaban J connectivity index is 2.07. The highest BCUT2D eigenvalue weighted by Gasteiger charge is 2.21. The lowest BCUT2D eigenvalue weighted by Gasteiger charge is -2.12. The van der Waals surface area contributed by atoms with Gasteiger partial charge < -0.3 is 0 Å². The molecule has 0 radical (unpaired) electrons. The van der Waals surface area contributed by atoms with E-state index < -0.39 is 15.8 Å². The molecule has 0 spiro atoms. The van der Waals surface area contributed by atoms with Crippen molar-refractivity contribution in [2.24, 2.45) is 0 Å². The molecule has 0 unspecified atom stereocenters. The summed E-state index contributed by atoms with van der Waals surface area (Å²) in [5.74, 6) is -0.425. The van der Waals surface area contributed by atoms with Gasteiger partial charge in [-0.2, -0.15) is 0 Å². The highest BCUT2D eigenvalue weighted by molar-refractivity contribution is 7.89. The zero-order chi connectivity index (χ0) is 13.2. The summed E-state index contributed by atoms with van der Waals surface area (Å²) in [5, 5.41) is 0. The van der Waals surface area contributed by atoms with Crippen LogP contribution in [-0.2, 0) is 14.9 Å². The predicted octanol–water partition coefficient (Wildman–Crippen LogP) is 2.29. The van der Waals surface area contributed by atoms with Crippen LogP contribution >= 0.6 is 0 Å². The second-order valence-electron chi connectivity index (χ2n) is 4.52. The SMILES string of the molecule is Cc1cc(S(=O)(=O)NOC2CCCC2)ccc1F. The van der Waals surface area contributed by atoms with Crippen LogP contribution in [0.5, 0.6) is 0 Å². The minimum Gasteiger partial charge on any atom is -0.284 e. The van der Waals surface area contributed by atoms with Crippen LogP contribution in [0.4, 0.5) is 4.39 Å². The van der Waals surface area contributed by atoms with Gasteiger partial charge in [0.15, 0.2) is 0 Å². The van der Waals surface area contributed by atoms with Crippen LogP contribution in [-0.4, -0.2) is 14.5 Å². The van der Waals surface area contributed by atoms with Gasteiger partial charge in [0.25, 0.3) is 10.0 Å². The zero-order valence-electron chi connectivity index (χ0n) is 10.1. The zero-order valence-corrected chi connectivity index (χ0v) is 11.0. The van der Waals surface area contributed by atoms with Crippen LogP contribution < -0.4 is 4.89 Å². The molecule has 2 rings (SSSR count). The third-order valence-electron chi connectivity index (χ3n) is 3.07. The van der Waals surface area contributed by atoms with Gasteiger partial charge in [-0.15, -0.1) is 0 Å². The quantitative estimate of drug-likeness (QED) is 0.856. The third-order valence-corrected chi connectivity index (χ3v) is 4.26. The maximum atomic E-state index is 13.1. The van der Waals surface area contributed by atoms with E-state index in [-0.39, 0.29) is 11.0 Å². The van der Waals surface area contributed by atoms with Gasteiger partial charge in [-0.05, 0) is 43.5 Å². The molecule has 4 nitrogen and oxygen atoms in total. The molecule has 0 atom stereocenters. The second-order valence-corrected chi connectivity index (χ2v) is 6.17. The molecule has 1 aliphatic rings. The Bertz CT molecular complexity index is 524. The summed E-state index contributed by atoms with van der Waals surface area (Å²) in [7, 11) is -3.73. The van der Waals surface area contributed by atoms with E-state index >= 15 is 0 Å². The van der Waals surface area contributed by atoms with E-state index in [1.54, 1.807) is 0 Å². The van der Waals surface area contributed by atoms with Crippen molar-refractivity contribution >= 4 is 10.0 Å². The summed E-state index contributed by atoms with van der Waals surface area (Å²) in [6.45, 7) is 1.52. The lowest BCUT2D eigenvalue weighted by Crippen LogP contribution is -2.28. The molecule has 100 valence electrons. The molecule has 6 heteroatoms. The highest BCUT2D eigenvalue weighted by Crippen LogP contribution is 2.21. The average molecular weight is 273 g/mol. The lowest BCUT2D eigenvalue weighted by atomic mass is 10.2. The van der Waals surface area contributed by atoms with E-state index in [0.717, 1.165) is 31.7 Å². The number of nitrogens with one attached hydrogen (secondary N) is 1. The van der Waals surface area contributed by atoms with E-state index in [1.165, 1.54) is 19.1 Å². The first-order valence-corrected chi connectivity index (χ1v) is 7.41. The van der Waals surface area contributed by atoms with Crippen LogP contribution in [0, 0.1) is 12.7 Å². The summed E-state index contributed by atoms with van der Waals surface area (Å²) in [5.41, 5.74) is 0.291. The summed E-state index contributed by atoms with van der Waals surface area (Å²) in [4.78, 5) is 7.29. The molecule has 1 aliphatic carbocycles. The van der Waals surface area contributed by atoms with E-state index in [4.69, 9.17) is 4.84 Å². The highest BCUT2D eigenvalue weighted by atomic mass is 32.2. The number of aryl methyl sites for hydroxylation is 1. The number of hydrogen-bond acceptors (Lipinski definition) is 3. The summed E-state index contributed by atoms with van der Waals surface area (Å²) < 4.78 is 36.9. The smallest absolute Gasteiger partial charge is 0.262 e. The summed E-state index contributed by atoms with van der Waals surface area (Å²) in [6, 6.07) is 3.65. The maximum absolute atomic E-state index is 13.1. The van der Waals surface area contributed by atoms with E-state index in [1.807, 2.05) is 0 Å². The minimum absolute atomic E-state index is 0.0133. The van der Waals surface area contributed by atoms with Crippen molar-refractivity contribution in [2.45, 2.75) is 43.6 Å². The van der Waals surface area contributed by atoms with Gasteiger partial charge >= 0.3 is 0 Å². The van der Waals surface area contributed by atoms with Crippen LogP contribution in [0.2, 0.25) is 0 Å². The van der Waals surface area contributed by atoms with E-state index in [0.29, 0.717) is 5.56 Å². The Morgan fingerprint density at radius 1 is 1.33 bits per heavy atom. The van der Waals surface area contributed by atoms with Crippen molar-refractivity contribution in [2.75, 3.05) is 0 Å². The number of hydrogen-bond donors (Lipinski definition) is 1. The van der Waals surface area contributed by atoms with Gasteiger partial charge in [0.05, 0.1) is 11.0 Å². The molecule has 0 heterocycles. The Kier molecular flexibility index (Phi) is 3.99. The average Bonchev–Trinajstić information content (AvgIpc) is 2.83. The van der Waals surface area contributed by atoms with Crippen LogP contribution in [0.15, 0.2) is 23.1 Å². The monoisotopic (exact) mass is 273 g/mol. The largest absolute Gasteiger partial charge is 0.284 e. The molecule has 0 bridgehead atoms. The summed E-state index contributed by atoms with van der Waals surface area (Å²) >= 11 is 0. The van der Waals surface area contributed by atoms with Crippen molar-refractivity contribution in [3.63, 3.8) is 0 Å². The van der Waals surface area contributed by atoms with Crippen molar-refractivity contribution in [3.05, 3.63) is 29.6 Å². The Labute approximate surface area is 106 Å². The molecule has 1 aromatic rings. The number of benzene rings is 1. The third kappa shape index (κ3) is 3.07. The van der Waals surface area contributed by atoms with Crippen LogP contribution in [0.1, 0.15) is 31.2 Å². The fourth-order valence-electron chi connectivity index (χ4n) is 1.97. The number of rotatable bonds is 4. The topological polar surface area (TPSA) is 55.4 Å². The fraction of sp³-hybridized carbons (Fsp3) is 0.500. The van der Waals surface area contributed by atoms with Crippen molar-refractivity contribution in [1.29, 1.82) is 0 Å². The van der Waals surface area contributed by atoms with Gasteiger partial charge in [-0.1, -0.05) is 17.7 Å². The Morgan fingerprint density at radius 3 is 2.61 bits per heavy atom. The molecule has 0 amide bonds. The van der Waals surface area contributed by atoms with Crippen LogP contribution in [0.3, 0.4) is 0 Å².